The van der Waals surface area contributed by atoms with E-state index >= 15 is 0 Å². The van der Waals surface area contributed by atoms with Crippen LogP contribution in [0.3, 0.4) is 0 Å². The molecule has 0 aliphatic heterocycles. The van der Waals surface area contributed by atoms with Crippen LogP contribution in [0.25, 0.3) is 0 Å². The molecule has 0 aliphatic rings. The second kappa shape index (κ2) is 8.92. The molecule has 7 heteroatoms. The molecule has 6 nitrogen and oxygen atoms in total. The van der Waals surface area contributed by atoms with Gasteiger partial charge in [-0.15, -0.1) is 0 Å². The Kier molecular flexibility index (Phi) is 6.89. The van der Waals surface area contributed by atoms with E-state index < -0.39 is 32.4 Å². The first-order chi connectivity index (χ1) is 12.3. The lowest BCUT2D eigenvalue weighted by atomic mass is 9.86. The summed E-state index contributed by atoms with van der Waals surface area (Å²) in [7, 11) is -4.72. The van der Waals surface area contributed by atoms with Crippen LogP contribution in [0.15, 0.2) is 72.8 Å². The normalized spacial score (nSPS) is 12.6. The summed E-state index contributed by atoms with van der Waals surface area (Å²) in [6.45, 7) is 4.60. The molecular weight excluding hydrogens is 355 g/mol. The third-order valence-electron chi connectivity index (χ3n) is 3.70. The lowest BCUT2D eigenvalue weighted by Crippen LogP contribution is -2.31. The molecule has 1 atom stereocenters. The van der Waals surface area contributed by atoms with Gasteiger partial charge in [-0.1, -0.05) is 67.2 Å². The van der Waals surface area contributed by atoms with Gasteiger partial charge in [0.1, 0.15) is 6.10 Å². The first-order valence-electron chi connectivity index (χ1n) is 7.94. The maximum absolute atomic E-state index is 12.1. The van der Waals surface area contributed by atoms with Crippen LogP contribution in [0, 0.1) is 0 Å². The van der Waals surface area contributed by atoms with Crippen LogP contribution in [0.4, 0.5) is 0 Å². The van der Waals surface area contributed by atoms with Gasteiger partial charge in [-0.25, -0.2) is 9.36 Å². The highest BCUT2D eigenvalue weighted by atomic mass is 31.2. The number of ether oxygens (including phenoxy) is 1. The van der Waals surface area contributed by atoms with E-state index in [1.54, 1.807) is 0 Å². The molecule has 0 amide bonds. The van der Waals surface area contributed by atoms with Gasteiger partial charge in [0.05, 0.1) is 6.61 Å². The molecule has 0 heterocycles. The molecule has 2 N–H and O–H groups in total. The highest BCUT2D eigenvalue weighted by molar-refractivity contribution is 7.46. The SMILES string of the molecule is C=C(C)C(=O)OC(COP(=O)(O)O)C(c1ccccc1)c1ccccc1. The number of hydrogen-bond donors (Lipinski definition) is 2. The molecule has 0 aliphatic carbocycles. The summed E-state index contributed by atoms with van der Waals surface area (Å²) in [4.78, 5) is 30.2. The minimum absolute atomic E-state index is 0.186. The number of benzene rings is 2. The van der Waals surface area contributed by atoms with E-state index in [0.29, 0.717) is 0 Å². The van der Waals surface area contributed by atoms with Gasteiger partial charge in [-0.2, -0.15) is 0 Å². The van der Waals surface area contributed by atoms with Crippen molar-refractivity contribution in [1.82, 2.24) is 0 Å². The van der Waals surface area contributed by atoms with Crippen molar-refractivity contribution in [2.75, 3.05) is 6.61 Å². The molecule has 0 aromatic heterocycles. The fourth-order valence-electron chi connectivity index (χ4n) is 2.55. The molecule has 0 fully saturated rings. The minimum atomic E-state index is -4.72. The largest absolute Gasteiger partial charge is 0.469 e. The lowest BCUT2D eigenvalue weighted by molar-refractivity contribution is -0.146. The van der Waals surface area contributed by atoms with E-state index in [1.807, 2.05) is 60.7 Å². The Hall–Kier alpha value is -2.24. The monoisotopic (exact) mass is 376 g/mol. The van der Waals surface area contributed by atoms with Crippen LogP contribution in [0.1, 0.15) is 24.0 Å². The van der Waals surface area contributed by atoms with E-state index in [0.717, 1.165) is 11.1 Å². The summed E-state index contributed by atoms with van der Waals surface area (Å²) in [5.74, 6) is -1.12. The first kappa shape index (κ1) is 20.1. The van der Waals surface area contributed by atoms with Crippen molar-refractivity contribution in [2.45, 2.75) is 18.9 Å². The minimum Gasteiger partial charge on any atom is -0.456 e. The van der Waals surface area contributed by atoms with Crippen LogP contribution in [0.2, 0.25) is 0 Å². The maximum Gasteiger partial charge on any atom is 0.469 e. The maximum atomic E-state index is 12.1. The summed E-state index contributed by atoms with van der Waals surface area (Å²) in [6.07, 6.45) is -0.948. The molecule has 2 aromatic rings. The van der Waals surface area contributed by atoms with Gasteiger partial charge in [-0.05, 0) is 18.1 Å². The Bertz CT molecular complexity index is 745. The van der Waals surface area contributed by atoms with Crippen LogP contribution >= 0.6 is 7.82 Å². The molecule has 1 unspecified atom stereocenters. The predicted octanol–water partition coefficient (Wildman–Crippen LogP) is 3.42. The number of phosphoric acid groups is 1. The summed E-state index contributed by atoms with van der Waals surface area (Å²) < 4.78 is 21.3. The molecular formula is C19H21O6P. The van der Waals surface area contributed by atoms with Gasteiger partial charge in [0.25, 0.3) is 0 Å². The Morgan fingerprint density at radius 2 is 1.50 bits per heavy atom. The molecule has 0 saturated carbocycles. The van der Waals surface area contributed by atoms with Crippen LogP contribution in [-0.4, -0.2) is 28.5 Å². The average Bonchev–Trinajstić information content (AvgIpc) is 2.60. The Morgan fingerprint density at radius 1 is 1.04 bits per heavy atom. The quantitative estimate of drug-likeness (QED) is 0.417. The zero-order valence-corrected chi connectivity index (χ0v) is 15.2. The van der Waals surface area contributed by atoms with Gasteiger partial charge >= 0.3 is 13.8 Å². The number of phosphoric ester groups is 1. The van der Waals surface area contributed by atoms with E-state index in [1.165, 1.54) is 6.92 Å². The zero-order chi connectivity index (χ0) is 19.2. The van der Waals surface area contributed by atoms with Crippen molar-refractivity contribution >= 4 is 13.8 Å². The van der Waals surface area contributed by atoms with Gasteiger partial charge in [0.15, 0.2) is 0 Å². The van der Waals surface area contributed by atoms with E-state index in [4.69, 9.17) is 14.5 Å². The molecule has 0 saturated heterocycles. The van der Waals surface area contributed by atoms with Crippen molar-refractivity contribution in [3.05, 3.63) is 83.9 Å². The Labute approximate surface area is 152 Å². The molecule has 2 rings (SSSR count). The topological polar surface area (TPSA) is 93.1 Å². The van der Waals surface area contributed by atoms with Crippen LogP contribution in [-0.2, 0) is 18.6 Å². The summed E-state index contributed by atoms with van der Waals surface area (Å²) in [6, 6.07) is 18.5. The van der Waals surface area contributed by atoms with Gasteiger partial charge < -0.3 is 14.5 Å². The summed E-state index contributed by atoms with van der Waals surface area (Å²) in [5.41, 5.74) is 1.84. The van der Waals surface area contributed by atoms with Gasteiger partial charge in [0, 0.05) is 11.5 Å². The number of esters is 1. The van der Waals surface area contributed by atoms with Crippen molar-refractivity contribution in [3.63, 3.8) is 0 Å². The number of hydrogen-bond acceptors (Lipinski definition) is 4. The Balaban J connectivity index is 2.44. The molecule has 0 bridgehead atoms. The van der Waals surface area contributed by atoms with Gasteiger partial charge in [-0.3, -0.25) is 4.52 Å². The van der Waals surface area contributed by atoms with Crippen LogP contribution < -0.4 is 0 Å². The highest BCUT2D eigenvalue weighted by Crippen LogP contribution is 2.38. The number of carbonyl (C=O) groups excluding carboxylic acids is 1. The zero-order valence-electron chi connectivity index (χ0n) is 14.3. The summed E-state index contributed by atoms with van der Waals surface area (Å²) >= 11 is 0. The van der Waals surface area contributed by atoms with Crippen molar-refractivity contribution in [2.24, 2.45) is 0 Å². The molecule has 138 valence electrons. The molecule has 0 radical (unpaired) electrons. The fourth-order valence-corrected chi connectivity index (χ4v) is 2.89. The molecule has 26 heavy (non-hydrogen) atoms. The number of carbonyl (C=O) groups is 1. The third-order valence-corrected chi connectivity index (χ3v) is 4.19. The van der Waals surface area contributed by atoms with Crippen molar-refractivity contribution < 1.29 is 28.4 Å². The second-order valence-electron chi connectivity index (χ2n) is 5.81. The number of rotatable bonds is 8. The smallest absolute Gasteiger partial charge is 0.456 e. The van der Waals surface area contributed by atoms with Crippen molar-refractivity contribution in [1.29, 1.82) is 0 Å². The Morgan fingerprint density at radius 3 is 1.88 bits per heavy atom. The van der Waals surface area contributed by atoms with Gasteiger partial charge in [0.2, 0.25) is 0 Å². The predicted molar refractivity (Wildman–Crippen MR) is 97.4 cm³/mol. The fraction of sp³-hybridized carbons (Fsp3) is 0.211. The van der Waals surface area contributed by atoms with E-state index in [9.17, 15) is 9.36 Å². The van der Waals surface area contributed by atoms with E-state index in [-0.39, 0.29) is 5.57 Å². The van der Waals surface area contributed by atoms with Crippen LogP contribution in [0.5, 0.6) is 0 Å². The first-order valence-corrected chi connectivity index (χ1v) is 9.47. The highest BCUT2D eigenvalue weighted by Gasteiger charge is 2.31. The van der Waals surface area contributed by atoms with Crippen molar-refractivity contribution in [3.8, 4) is 0 Å². The molecule has 0 spiro atoms. The molecule has 2 aromatic carbocycles. The standard InChI is InChI=1S/C19H21O6P/c1-14(2)19(20)25-17(13-24-26(21,22)23)18(15-9-5-3-6-10-15)16-11-7-4-8-12-16/h3-12,17-18H,1,13H2,2H3,(H2,21,22,23). The van der Waals surface area contributed by atoms with E-state index in [2.05, 4.69) is 11.1 Å². The second-order valence-corrected chi connectivity index (χ2v) is 7.05. The third kappa shape index (κ3) is 5.93. The summed E-state index contributed by atoms with van der Waals surface area (Å²) in [5, 5.41) is 0. The lowest BCUT2D eigenvalue weighted by Gasteiger charge is -2.28. The average molecular weight is 376 g/mol.